The molecule has 1 aromatic carbocycles. The highest BCUT2D eigenvalue weighted by atomic mass is 32.1. The minimum Gasteiger partial charge on any atom is -0.463 e. The first-order chi connectivity index (χ1) is 12.8. The van der Waals surface area contributed by atoms with Gasteiger partial charge < -0.3 is 9.73 Å². The van der Waals surface area contributed by atoms with Crippen LogP contribution in [0.3, 0.4) is 0 Å². The van der Waals surface area contributed by atoms with Crippen LogP contribution in [0.5, 0.6) is 0 Å². The number of hydrogen-bond acceptors (Lipinski definition) is 5. The van der Waals surface area contributed by atoms with E-state index < -0.39 is 0 Å². The molecule has 4 aromatic rings. The molecular formula is C20H15N3O2S. The van der Waals surface area contributed by atoms with Crippen LogP contribution in [0.15, 0.2) is 76.9 Å². The monoisotopic (exact) mass is 361 g/mol. The summed E-state index contributed by atoms with van der Waals surface area (Å²) in [5.74, 6) is 0.523. The van der Waals surface area contributed by atoms with Crippen molar-refractivity contribution < 1.29 is 9.21 Å². The Morgan fingerprint density at radius 3 is 2.69 bits per heavy atom. The molecule has 0 atom stereocenters. The number of rotatable bonds is 5. The predicted molar refractivity (Wildman–Crippen MR) is 101 cm³/mol. The molecule has 6 heteroatoms. The lowest BCUT2D eigenvalue weighted by molar-refractivity contribution is 0.0946. The van der Waals surface area contributed by atoms with E-state index in [4.69, 9.17) is 4.42 Å². The first-order valence-corrected chi connectivity index (χ1v) is 8.95. The van der Waals surface area contributed by atoms with Gasteiger partial charge >= 0.3 is 0 Å². The number of nitrogens with zero attached hydrogens (tertiary/aromatic N) is 2. The van der Waals surface area contributed by atoms with Crippen molar-refractivity contribution in [2.24, 2.45) is 0 Å². The van der Waals surface area contributed by atoms with Gasteiger partial charge in [-0.15, -0.1) is 11.3 Å². The van der Waals surface area contributed by atoms with Crippen molar-refractivity contribution in [2.75, 3.05) is 0 Å². The van der Waals surface area contributed by atoms with Crippen LogP contribution in [0.4, 0.5) is 0 Å². The van der Waals surface area contributed by atoms with Gasteiger partial charge in [0, 0.05) is 23.7 Å². The fourth-order valence-corrected chi connectivity index (χ4v) is 3.27. The third-order valence-corrected chi connectivity index (χ3v) is 4.70. The Hall–Kier alpha value is -3.25. The topological polar surface area (TPSA) is 68.0 Å². The normalized spacial score (nSPS) is 10.6. The van der Waals surface area contributed by atoms with E-state index >= 15 is 0 Å². The highest BCUT2D eigenvalue weighted by molar-refractivity contribution is 7.13. The molecule has 0 fully saturated rings. The quantitative estimate of drug-likeness (QED) is 0.572. The number of amides is 1. The molecule has 5 nitrogen and oxygen atoms in total. The van der Waals surface area contributed by atoms with E-state index in [0.29, 0.717) is 12.2 Å². The van der Waals surface area contributed by atoms with Gasteiger partial charge in [0.1, 0.15) is 16.4 Å². The van der Waals surface area contributed by atoms with Gasteiger partial charge in [0.2, 0.25) is 0 Å². The van der Waals surface area contributed by atoms with Crippen molar-refractivity contribution in [3.63, 3.8) is 0 Å². The van der Waals surface area contributed by atoms with Crippen LogP contribution in [0.25, 0.3) is 22.0 Å². The molecule has 0 saturated heterocycles. The van der Waals surface area contributed by atoms with Crippen LogP contribution in [0.1, 0.15) is 16.1 Å². The second kappa shape index (κ2) is 7.33. The van der Waals surface area contributed by atoms with Crippen molar-refractivity contribution in [1.82, 2.24) is 15.3 Å². The average Bonchev–Trinajstić information content (AvgIpc) is 3.39. The summed E-state index contributed by atoms with van der Waals surface area (Å²) in [5.41, 5.74) is 3.10. The predicted octanol–water partition coefficient (Wildman–Crippen LogP) is 4.40. The minimum atomic E-state index is -0.196. The average molecular weight is 361 g/mol. The molecule has 1 amide bonds. The van der Waals surface area contributed by atoms with E-state index in [2.05, 4.69) is 15.3 Å². The molecule has 3 heterocycles. The standard InChI is InChI=1S/C20H15N3O2S/c24-19(17-13-26-20(23-17)15-5-2-1-3-6-15)22-12-14-8-9-16(21-11-14)18-7-4-10-25-18/h1-11,13H,12H2,(H,22,24). The zero-order valence-electron chi connectivity index (χ0n) is 13.8. The van der Waals surface area contributed by atoms with E-state index in [-0.39, 0.29) is 5.91 Å². The van der Waals surface area contributed by atoms with Gasteiger partial charge in [0.05, 0.1) is 6.26 Å². The molecular weight excluding hydrogens is 346 g/mol. The smallest absolute Gasteiger partial charge is 0.271 e. The maximum Gasteiger partial charge on any atom is 0.271 e. The number of furan rings is 1. The fraction of sp³-hybridized carbons (Fsp3) is 0.0500. The lowest BCUT2D eigenvalue weighted by atomic mass is 10.2. The number of carbonyl (C=O) groups excluding carboxylic acids is 1. The summed E-state index contributed by atoms with van der Waals surface area (Å²) < 4.78 is 5.31. The molecule has 0 radical (unpaired) electrons. The molecule has 0 unspecified atom stereocenters. The third-order valence-electron chi connectivity index (χ3n) is 3.81. The van der Waals surface area contributed by atoms with Crippen LogP contribution >= 0.6 is 11.3 Å². The van der Waals surface area contributed by atoms with Gasteiger partial charge in [-0.05, 0) is 23.8 Å². The molecule has 26 heavy (non-hydrogen) atoms. The van der Waals surface area contributed by atoms with Gasteiger partial charge in [-0.1, -0.05) is 36.4 Å². The van der Waals surface area contributed by atoms with Crippen LogP contribution in [-0.4, -0.2) is 15.9 Å². The van der Waals surface area contributed by atoms with E-state index in [1.165, 1.54) is 11.3 Å². The summed E-state index contributed by atoms with van der Waals surface area (Å²) in [4.78, 5) is 21.1. The third kappa shape index (κ3) is 3.55. The Morgan fingerprint density at radius 1 is 1.08 bits per heavy atom. The largest absolute Gasteiger partial charge is 0.463 e. The van der Waals surface area contributed by atoms with Crippen molar-refractivity contribution in [1.29, 1.82) is 0 Å². The Labute approximate surface area is 154 Å². The first-order valence-electron chi connectivity index (χ1n) is 8.07. The molecule has 0 aliphatic heterocycles. The van der Waals surface area contributed by atoms with Crippen LogP contribution < -0.4 is 5.32 Å². The number of aromatic nitrogens is 2. The number of nitrogens with one attached hydrogen (secondary N) is 1. The zero-order chi connectivity index (χ0) is 17.8. The summed E-state index contributed by atoms with van der Waals surface area (Å²) in [6.45, 7) is 0.391. The summed E-state index contributed by atoms with van der Waals surface area (Å²) >= 11 is 1.46. The van der Waals surface area contributed by atoms with Crippen molar-refractivity contribution in [2.45, 2.75) is 6.54 Å². The number of carbonyl (C=O) groups is 1. The molecule has 4 rings (SSSR count). The van der Waals surface area contributed by atoms with Crippen molar-refractivity contribution in [3.8, 4) is 22.0 Å². The minimum absolute atomic E-state index is 0.196. The summed E-state index contributed by atoms with van der Waals surface area (Å²) in [7, 11) is 0. The number of hydrogen-bond donors (Lipinski definition) is 1. The van der Waals surface area contributed by atoms with Crippen LogP contribution in [0, 0.1) is 0 Å². The number of benzene rings is 1. The van der Waals surface area contributed by atoms with Gasteiger partial charge in [-0.3, -0.25) is 9.78 Å². The zero-order valence-corrected chi connectivity index (χ0v) is 14.6. The van der Waals surface area contributed by atoms with Gasteiger partial charge in [-0.2, -0.15) is 0 Å². The molecule has 0 saturated carbocycles. The maximum absolute atomic E-state index is 12.3. The Bertz CT molecular complexity index is 993. The SMILES string of the molecule is O=C(NCc1ccc(-c2ccco2)nc1)c1csc(-c2ccccc2)n1. The summed E-state index contributed by atoms with van der Waals surface area (Å²) in [6.07, 6.45) is 3.34. The van der Waals surface area contributed by atoms with Crippen molar-refractivity contribution >= 4 is 17.2 Å². The second-order valence-corrected chi connectivity index (χ2v) is 6.47. The van der Waals surface area contributed by atoms with Gasteiger partial charge in [0.15, 0.2) is 5.76 Å². The van der Waals surface area contributed by atoms with E-state index in [1.807, 2.05) is 54.6 Å². The Balaban J connectivity index is 1.39. The Kier molecular flexibility index (Phi) is 4.57. The van der Waals surface area contributed by atoms with Gasteiger partial charge in [-0.25, -0.2) is 4.98 Å². The summed E-state index contributed by atoms with van der Waals surface area (Å²) in [5, 5.41) is 5.48. The molecule has 0 aliphatic rings. The molecule has 0 spiro atoms. The second-order valence-electron chi connectivity index (χ2n) is 5.62. The lowest BCUT2D eigenvalue weighted by Gasteiger charge is -2.04. The van der Waals surface area contributed by atoms with E-state index in [0.717, 1.165) is 27.6 Å². The molecule has 3 aromatic heterocycles. The molecule has 0 aliphatic carbocycles. The highest BCUT2D eigenvalue weighted by Gasteiger charge is 2.11. The first kappa shape index (κ1) is 16.2. The molecule has 1 N–H and O–H groups in total. The highest BCUT2D eigenvalue weighted by Crippen LogP contribution is 2.23. The molecule has 0 bridgehead atoms. The van der Waals surface area contributed by atoms with Crippen LogP contribution in [0.2, 0.25) is 0 Å². The lowest BCUT2D eigenvalue weighted by Crippen LogP contribution is -2.23. The number of pyridine rings is 1. The maximum atomic E-state index is 12.3. The summed E-state index contributed by atoms with van der Waals surface area (Å²) in [6, 6.07) is 17.3. The Morgan fingerprint density at radius 2 is 1.96 bits per heavy atom. The van der Waals surface area contributed by atoms with Crippen LogP contribution in [-0.2, 0) is 6.54 Å². The van der Waals surface area contributed by atoms with E-state index in [9.17, 15) is 4.79 Å². The van der Waals surface area contributed by atoms with Crippen molar-refractivity contribution in [3.05, 3.63) is 83.7 Å². The van der Waals surface area contributed by atoms with E-state index in [1.54, 1.807) is 17.8 Å². The number of thiazole rings is 1. The fourth-order valence-electron chi connectivity index (χ4n) is 2.46. The van der Waals surface area contributed by atoms with Gasteiger partial charge in [0.25, 0.3) is 5.91 Å². The molecule has 128 valence electrons.